The first-order chi connectivity index (χ1) is 18.5. The maximum Gasteiger partial charge on any atom is 0.317 e. The molecule has 0 bridgehead atoms. The number of phenols is 2. The predicted octanol–water partition coefficient (Wildman–Crippen LogP) is 1.81. The minimum atomic E-state index is -1.13. The van der Waals surface area contributed by atoms with Gasteiger partial charge in [0.15, 0.2) is 0 Å². The third-order valence-electron chi connectivity index (χ3n) is 5.89. The van der Waals surface area contributed by atoms with Gasteiger partial charge in [-0.1, -0.05) is 24.3 Å². The SMILES string of the molecule is O=NC(=O)CN(CCN(CC(=O)O)Cc1ccc(CCC(=O)O)cc1O)Cc1ccc(CCC(=O)O)cc1O. The molecule has 0 saturated heterocycles. The summed E-state index contributed by atoms with van der Waals surface area (Å²) < 4.78 is 0. The number of amides is 1. The molecule has 2 aromatic carbocycles. The second-order valence-electron chi connectivity index (χ2n) is 9.01. The third-order valence-corrected chi connectivity index (χ3v) is 5.89. The van der Waals surface area contributed by atoms with Gasteiger partial charge in [0, 0.05) is 55.3 Å². The second kappa shape index (κ2) is 15.1. The minimum absolute atomic E-state index is 0.0245. The Morgan fingerprint density at radius 2 is 1.10 bits per heavy atom. The fraction of sp³-hybridized carbons (Fsp3) is 0.385. The topological polar surface area (TPSA) is 205 Å². The molecule has 0 fully saturated rings. The van der Waals surface area contributed by atoms with E-state index in [0.29, 0.717) is 22.3 Å². The van der Waals surface area contributed by atoms with Gasteiger partial charge in [0.2, 0.25) is 0 Å². The smallest absolute Gasteiger partial charge is 0.317 e. The van der Waals surface area contributed by atoms with Crippen molar-refractivity contribution in [2.24, 2.45) is 5.18 Å². The van der Waals surface area contributed by atoms with Crippen LogP contribution in [-0.4, -0.2) is 85.3 Å². The highest BCUT2D eigenvalue weighted by atomic mass is 16.4. The molecule has 0 aromatic heterocycles. The van der Waals surface area contributed by atoms with E-state index in [9.17, 15) is 39.4 Å². The maximum atomic E-state index is 11.8. The van der Waals surface area contributed by atoms with Gasteiger partial charge in [-0.05, 0) is 36.1 Å². The molecule has 0 aliphatic rings. The van der Waals surface area contributed by atoms with Gasteiger partial charge in [-0.2, -0.15) is 0 Å². The van der Waals surface area contributed by atoms with Crippen LogP contribution in [0.2, 0.25) is 0 Å². The van der Waals surface area contributed by atoms with E-state index in [4.69, 9.17) is 10.2 Å². The number of aryl methyl sites for hydroxylation is 2. The fourth-order valence-corrected chi connectivity index (χ4v) is 3.90. The van der Waals surface area contributed by atoms with E-state index < -0.39 is 30.4 Å². The van der Waals surface area contributed by atoms with Gasteiger partial charge in [-0.25, -0.2) is 0 Å². The molecule has 5 N–H and O–H groups in total. The number of aromatic hydroxyl groups is 2. The summed E-state index contributed by atoms with van der Waals surface area (Å²) in [7, 11) is 0. The molecule has 0 aliphatic carbocycles. The predicted molar refractivity (Wildman–Crippen MR) is 137 cm³/mol. The van der Waals surface area contributed by atoms with Crippen molar-refractivity contribution in [3.63, 3.8) is 0 Å². The molecule has 13 nitrogen and oxygen atoms in total. The van der Waals surface area contributed by atoms with Crippen LogP contribution in [0.4, 0.5) is 0 Å². The highest BCUT2D eigenvalue weighted by Gasteiger charge is 2.18. The van der Waals surface area contributed by atoms with Crippen LogP contribution in [0.25, 0.3) is 0 Å². The lowest BCUT2D eigenvalue weighted by atomic mass is 10.1. The molecule has 210 valence electrons. The zero-order valence-corrected chi connectivity index (χ0v) is 21.2. The molecular formula is C26H31N3O10. The van der Waals surface area contributed by atoms with E-state index in [2.05, 4.69) is 5.18 Å². The number of hydrogen-bond acceptors (Lipinski definition) is 9. The Labute approximate surface area is 223 Å². The summed E-state index contributed by atoms with van der Waals surface area (Å²) in [6.07, 6.45) is 0.236. The van der Waals surface area contributed by atoms with E-state index in [1.165, 1.54) is 21.9 Å². The Hall–Kier alpha value is -4.36. The first kappa shape index (κ1) is 30.9. The van der Waals surface area contributed by atoms with Crippen LogP contribution < -0.4 is 0 Å². The van der Waals surface area contributed by atoms with Crippen molar-refractivity contribution in [3.8, 4) is 11.5 Å². The normalized spacial score (nSPS) is 11.0. The Bertz CT molecular complexity index is 1200. The van der Waals surface area contributed by atoms with Gasteiger partial charge >= 0.3 is 17.9 Å². The van der Waals surface area contributed by atoms with Crippen LogP contribution in [0.5, 0.6) is 11.5 Å². The van der Waals surface area contributed by atoms with Crippen molar-refractivity contribution in [3.05, 3.63) is 63.6 Å². The Morgan fingerprint density at radius 1 is 0.667 bits per heavy atom. The number of rotatable bonds is 17. The summed E-state index contributed by atoms with van der Waals surface area (Å²) in [5, 5.41) is 50.3. The van der Waals surface area contributed by atoms with Crippen LogP contribution in [0.15, 0.2) is 41.6 Å². The lowest BCUT2D eigenvalue weighted by molar-refractivity contribution is -0.139. The molecular weight excluding hydrogens is 514 g/mol. The van der Waals surface area contributed by atoms with Crippen molar-refractivity contribution >= 4 is 23.8 Å². The number of phenolic OH excluding ortho intramolecular Hbond substituents is 2. The van der Waals surface area contributed by atoms with Gasteiger partial charge in [-0.15, -0.1) is 4.91 Å². The van der Waals surface area contributed by atoms with E-state index >= 15 is 0 Å². The fourth-order valence-electron chi connectivity index (χ4n) is 3.90. The summed E-state index contributed by atoms with van der Waals surface area (Å²) >= 11 is 0. The number of carboxylic acids is 3. The molecule has 0 radical (unpaired) electrons. The summed E-state index contributed by atoms with van der Waals surface area (Å²) in [4.78, 5) is 58.6. The monoisotopic (exact) mass is 545 g/mol. The van der Waals surface area contributed by atoms with Crippen molar-refractivity contribution in [1.82, 2.24) is 9.80 Å². The average molecular weight is 546 g/mol. The van der Waals surface area contributed by atoms with E-state index in [1.807, 2.05) is 0 Å². The Morgan fingerprint density at radius 3 is 1.46 bits per heavy atom. The molecule has 0 atom stereocenters. The van der Waals surface area contributed by atoms with Gasteiger partial charge in [0.25, 0.3) is 5.91 Å². The lowest BCUT2D eigenvalue weighted by Gasteiger charge is -2.26. The molecule has 1 amide bonds. The Balaban J connectivity index is 2.13. The molecule has 0 spiro atoms. The number of carboxylic acid groups (broad SMARTS) is 3. The largest absolute Gasteiger partial charge is 0.508 e. The van der Waals surface area contributed by atoms with Gasteiger partial charge in [0.1, 0.15) is 11.5 Å². The molecule has 0 unspecified atom stereocenters. The van der Waals surface area contributed by atoms with E-state index in [1.54, 1.807) is 24.3 Å². The molecule has 39 heavy (non-hydrogen) atoms. The van der Waals surface area contributed by atoms with Crippen LogP contribution in [0.3, 0.4) is 0 Å². The number of nitroso groups, excluding NO2 is 1. The Kier molecular flexibility index (Phi) is 12.0. The van der Waals surface area contributed by atoms with Gasteiger partial charge in [-0.3, -0.25) is 29.0 Å². The maximum absolute atomic E-state index is 11.8. The van der Waals surface area contributed by atoms with Crippen LogP contribution >= 0.6 is 0 Å². The second-order valence-corrected chi connectivity index (χ2v) is 9.01. The average Bonchev–Trinajstić information content (AvgIpc) is 2.86. The number of nitrogens with zero attached hydrogens (tertiary/aromatic N) is 3. The molecule has 2 aromatic rings. The lowest BCUT2D eigenvalue weighted by Crippen LogP contribution is -2.39. The first-order valence-corrected chi connectivity index (χ1v) is 12.0. The van der Waals surface area contributed by atoms with Crippen LogP contribution in [-0.2, 0) is 45.1 Å². The standard InChI is InChI=1S/C26H31N3O10/c30-21-11-17(3-7-24(33)34)1-5-19(21)13-28(15-23(32)27-39)9-10-29(16-26(37)38)14-20-6-2-18(12-22(20)31)4-8-25(35)36/h1-2,5-6,11-12,30-31H,3-4,7-10,13-16H2,(H,33,34)(H,35,36)(H,37,38). The van der Waals surface area contributed by atoms with E-state index in [-0.39, 0.29) is 69.9 Å². The van der Waals surface area contributed by atoms with Gasteiger partial charge < -0.3 is 25.5 Å². The highest BCUT2D eigenvalue weighted by molar-refractivity contribution is 5.78. The number of aliphatic carboxylic acids is 3. The van der Waals surface area contributed by atoms with Crippen LogP contribution in [0.1, 0.15) is 35.1 Å². The minimum Gasteiger partial charge on any atom is -0.508 e. The molecule has 13 heteroatoms. The number of carbonyl (C=O) groups excluding carboxylic acids is 1. The van der Waals surface area contributed by atoms with E-state index in [0.717, 1.165) is 0 Å². The van der Waals surface area contributed by atoms with Crippen molar-refractivity contribution < 1.29 is 44.7 Å². The summed E-state index contributed by atoms with van der Waals surface area (Å²) in [5.74, 6) is -4.26. The van der Waals surface area contributed by atoms with Crippen molar-refractivity contribution in [1.29, 1.82) is 0 Å². The zero-order valence-electron chi connectivity index (χ0n) is 21.2. The van der Waals surface area contributed by atoms with Crippen molar-refractivity contribution in [2.75, 3.05) is 26.2 Å². The third kappa shape index (κ3) is 11.3. The molecule has 0 saturated carbocycles. The first-order valence-electron chi connectivity index (χ1n) is 12.0. The molecule has 0 aliphatic heterocycles. The molecule has 0 heterocycles. The van der Waals surface area contributed by atoms with Gasteiger partial charge in [0.05, 0.1) is 13.1 Å². The quantitative estimate of drug-likeness (QED) is 0.180. The summed E-state index contributed by atoms with van der Waals surface area (Å²) in [6.45, 7) is -0.501. The summed E-state index contributed by atoms with van der Waals surface area (Å²) in [6, 6.07) is 9.33. The highest BCUT2D eigenvalue weighted by Crippen LogP contribution is 2.23. The number of benzene rings is 2. The van der Waals surface area contributed by atoms with Crippen LogP contribution in [0, 0.1) is 4.91 Å². The molecule has 2 rings (SSSR count). The van der Waals surface area contributed by atoms with Crippen molar-refractivity contribution in [2.45, 2.75) is 38.8 Å². The number of carbonyl (C=O) groups is 4. The zero-order chi connectivity index (χ0) is 28.9. The summed E-state index contributed by atoms with van der Waals surface area (Å²) in [5.41, 5.74) is 2.05. The number of hydrogen-bond donors (Lipinski definition) is 5.